The van der Waals surface area contributed by atoms with Gasteiger partial charge in [0, 0.05) is 5.38 Å². The van der Waals surface area contributed by atoms with Crippen molar-refractivity contribution in [1.82, 2.24) is 4.98 Å². The molecule has 3 rings (SSSR count). The van der Waals surface area contributed by atoms with E-state index >= 15 is 0 Å². The summed E-state index contributed by atoms with van der Waals surface area (Å²) in [4.78, 5) is 4.37. The van der Waals surface area contributed by atoms with E-state index in [0.29, 0.717) is 0 Å². The van der Waals surface area contributed by atoms with E-state index in [1.165, 1.54) is 17.4 Å². The number of ether oxygens (including phenoxy) is 1. The molecule has 5 heteroatoms. The van der Waals surface area contributed by atoms with Crippen molar-refractivity contribution in [1.29, 1.82) is 0 Å². The largest absolute Gasteiger partial charge is 0.484 e. The number of rotatable bonds is 4. The second-order valence-electron chi connectivity index (χ2n) is 3.84. The van der Waals surface area contributed by atoms with Crippen molar-refractivity contribution >= 4 is 11.3 Å². The number of para-hydroxylation sites is 1. The molecule has 0 spiro atoms. The predicted molar refractivity (Wildman–Crippen MR) is 70.5 cm³/mol. The summed E-state index contributed by atoms with van der Waals surface area (Å²) in [6.07, 6.45) is 1.60. The van der Waals surface area contributed by atoms with Crippen LogP contribution in [0.15, 0.2) is 52.5 Å². The normalized spacial score (nSPS) is 10.6. The SMILES string of the molecule is Fc1ccccc1OCc1csc(-c2ccco2)n1. The van der Waals surface area contributed by atoms with E-state index in [1.54, 1.807) is 24.5 Å². The number of thiazole rings is 1. The van der Waals surface area contributed by atoms with Crippen LogP contribution in [-0.2, 0) is 6.61 Å². The van der Waals surface area contributed by atoms with Crippen molar-refractivity contribution in [2.24, 2.45) is 0 Å². The van der Waals surface area contributed by atoms with Gasteiger partial charge >= 0.3 is 0 Å². The molecule has 0 aliphatic heterocycles. The summed E-state index contributed by atoms with van der Waals surface area (Å²) in [5, 5.41) is 2.66. The molecular weight excluding hydrogens is 265 g/mol. The van der Waals surface area contributed by atoms with Gasteiger partial charge in [0.05, 0.1) is 12.0 Å². The molecule has 0 fully saturated rings. The molecule has 0 bridgehead atoms. The fourth-order valence-corrected chi connectivity index (χ4v) is 2.37. The summed E-state index contributed by atoms with van der Waals surface area (Å²) in [6.45, 7) is 0.234. The lowest BCUT2D eigenvalue weighted by atomic mass is 10.3. The topological polar surface area (TPSA) is 35.3 Å². The molecule has 1 aromatic carbocycles. The summed E-state index contributed by atoms with van der Waals surface area (Å²) >= 11 is 1.47. The summed E-state index contributed by atoms with van der Waals surface area (Å²) in [5.74, 6) is 0.584. The third kappa shape index (κ3) is 2.66. The lowest BCUT2D eigenvalue weighted by molar-refractivity contribution is 0.286. The first-order chi connectivity index (χ1) is 9.33. The highest BCUT2D eigenvalue weighted by Crippen LogP contribution is 2.25. The number of nitrogens with zero attached hydrogens (tertiary/aromatic N) is 1. The number of benzene rings is 1. The van der Waals surface area contributed by atoms with Gasteiger partial charge in [-0.05, 0) is 24.3 Å². The number of halogens is 1. The minimum absolute atomic E-state index is 0.232. The van der Waals surface area contributed by atoms with Gasteiger partial charge in [-0.3, -0.25) is 0 Å². The van der Waals surface area contributed by atoms with Crippen molar-refractivity contribution in [3.63, 3.8) is 0 Å². The molecule has 96 valence electrons. The molecule has 0 N–H and O–H groups in total. The lowest BCUT2D eigenvalue weighted by Crippen LogP contribution is -1.97. The Hall–Kier alpha value is -2.14. The number of furan rings is 1. The van der Waals surface area contributed by atoms with Crippen LogP contribution in [0.3, 0.4) is 0 Å². The zero-order valence-electron chi connectivity index (χ0n) is 9.88. The zero-order valence-corrected chi connectivity index (χ0v) is 10.7. The van der Waals surface area contributed by atoms with Gasteiger partial charge in [-0.2, -0.15) is 0 Å². The highest BCUT2D eigenvalue weighted by molar-refractivity contribution is 7.13. The van der Waals surface area contributed by atoms with Crippen LogP contribution >= 0.6 is 11.3 Å². The Balaban J connectivity index is 1.70. The summed E-state index contributed by atoms with van der Waals surface area (Å²) < 4.78 is 24.0. The monoisotopic (exact) mass is 275 g/mol. The maximum absolute atomic E-state index is 13.4. The third-order valence-electron chi connectivity index (χ3n) is 2.50. The van der Waals surface area contributed by atoms with Gasteiger partial charge in [-0.1, -0.05) is 12.1 Å². The molecule has 19 heavy (non-hydrogen) atoms. The van der Waals surface area contributed by atoms with E-state index in [9.17, 15) is 4.39 Å². The Morgan fingerprint density at radius 2 is 2.11 bits per heavy atom. The Morgan fingerprint density at radius 3 is 2.89 bits per heavy atom. The van der Waals surface area contributed by atoms with Gasteiger partial charge in [-0.25, -0.2) is 9.37 Å². The molecule has 0 atom stereocenters. The van der Waals surface area contributed by atoms with Crippen molar-refractivity contribution in [3.05, 3.63) is 59.6 Å². The van der Waals surface area contributed by atoms with Gasteiger partial charge in [-0.15, -0.1) is 11.3 Å². The van der Waals surface area contributed by atoms with Crippen LogP contribution in [0.2, 0.25) is 0 Å². The Morgan fingerprint density at radius 1 is 1.21 bits per heavy atom. The van der Waals surface area contributed by atoms with Crippen LogP contribution in [0.1, 0.15) is 5.69 Å². The van der Waals surface area contributed by atoms with E-state index in [-0.39, 0.29) is 18.2 Å². The van der Waals surface area contributed by atoms with Crippen LogP contribution in [0.4, 0.5) is 4.39 Å². The first-order valence-electron chi connectivity index (χ1n) is 5.68. The molecule has 3 aromatic rings. The van der Waals surface area contributed by atoms with Crippen LogP contribution in [0, 0.1) is 5.82 Å². The maximum Gasteiger partial charge on any atom is 0.165 e. The predicted octanol–water partition coefficient (Wildman–Crippen LogP) is 4.12. The molecule has 0 amide bonds. The summed E-state index contributed by atoms with van der Waals surface area (Å²) in [7, 11) is 0. The van der Waals surface area contributed by atoms with Gasteiger partial charge in [0.2, 0.25) is 0 Å². The maximum atomic E-state index is 13.4. The minimum atomic E-state index is -0.371. The zero-order chi connectivity index (χ0) is 13.1. The average molecular weight is 275 g/mol. The standard InChI is InChI=1S/C14H10FNO2S/c15-11-4-1-2-5-12(11)18-8-10-9-19-14(16-10)13-6-3-7-17-13/h1-7,9H,8H2. The third-order valence-corrected chi connectivity index (χ3v) is 3.40. The second-order valence-corrected chi connectivity index (χ2v) is 4.70. The van der Waals surface area contributed by atoms with Crippen molar-refractivity contribution in [2.45, 2.75) is 6.61 Å². The van der Waals surface area contributed by atoms with E-state index in [4.69, 9.17) is 9.15 Å². The van der Waals surface area contributed by atoms with Gasteiger partial charge in [0.15, 0.2) is 22.3 Å². The molecule has 0 aliphatic rings. The van der Waals surface area contributed by atoms with E-state index in [2.05, 4.69) is 4.98 Å². The van der Waals surface area contributed by atoms with Crippen LogP contribution < -0.4 is 4.74 Å². The van der Waals surface area contributed by atoms with Crippen LogP contribution in [0.5, 0.6) is 5.75 Å². The van der Waals surface area contributed by atoms with Crippen molar-refractivity contribution in [2.75, 3.05) is 0 Å². The van der Waals surface area contributed by atoms with Gasteiger partial charge in [0.1, 0.15) is 6.61 Å². The molecule has 2 heterocycles. The number of aromatic nitrogens is 1. The summed E-state index contributed by atoms with van der Waals surface area (Å²) in [6, 6.07) is 9.97. The van der Waals surface area contributed by atoms with Crippen molar-refractivity contribution < 1.29 is 13.5 Å². The van der Waals surface area contributed by atoms with Crippen LogP contribution in [0.25, 0.3) is 10.8 Å². The molecule has 0 unspecified atom stereocenters. The molecule has 0 aliphatic carbocycles. The molecular formula is C14H10FNO2S. The van der Waals surface area contributed by atoms with E-state index in [0.717, 1.165) is 16.5 Å². The molecule has 0 radical (unpaired) electrons. The number of hydrogen-bond donors (Lipinski definition) is 0. The van der Waals surface area contributed by atoms with E-state index < -0.39 is 0 Å². The fourth-order valence-electron chi connectivity index (χ4n) is 1.60. The molecule has 3 nitrogen and oxygen atoms in total. The van der Waals surface area contributed by atoms with Gasteiger partial charge < -0.3 is 9.15 Å². The highest BCUT2D eigenvalue weighted by atomic mass is 32.1. The lowest BCUT2D eigenvalue weighted by Gasteiger charge is -2.04. The smallest absolute Gasteiger partial charge is 0.165 e. The molecule has 2 aromatic heterocycles. The quantitative estimate of drug-likeness (QED) is 0.718. The van der Waals surface area contributed by atoms with Crippen LogP contribution in [-0.4, -0.2) is 4.98 Å². The van der Waals surface area contributed by atoms with Crippen molar-refractivity contribution in [3.8, 4) is 16.5 Å². The fraction of sp³-hybridized carbons (Fsp3) is 0.0714. The Bertz CT molecular complexity index is 664. The second kappa shape index (κ2) is 5.24. The highest BCUT2D eigenvalue weighted by Gasteiger charge is 2.08. The first-order valence-corrected chi connectivity index (χ1v) is 6.56. The first kappa shape index (κ1) is 11.9. The molecule has 0 saturated heterocycles. The Kier molecular flexibility index (Phi) is 3.29. The number of hydrogen-bond acceptors (Lipinski definition) is 4. The average Bonchev–Trinajstić information content (AvgIpc) is 3.09. The van der Waals surface area contributed by atoms with E-state index in [1.807, 2.05) is 17.5 Å². The summed E-state index contributed by atoms with van der Waals surface area (Å²) in [5.41, 5.74) is 0.750. The van der Waals surface area contributed by atoms with Gasteiger partial charge in [0.25, 0.3) is 0 Å². The minimum Gasteiger partial charge on any atom is -0.484 e. The Labute approximate surface area is 113 Å². The molecule has 0 saturated carbocycles.